The van der Waals surface area contributed by atoms with E-state index in [0.29, 0.717) is 31.9 Å². The van der Waals surface area contributed by atoms with Crippen molar-refractivity contribution in [3.8, 4) is 0 Å². The van der Waals surface area contributed by atoms with E-state index in [0.717, 1.165) is 32.7 Å². The van der Waals surface area contributed by atoms with Gasteiger partial charge in [-0.05, 0) is 12.8 Å². The van der Waals surface area contributed by atoms with Crippen molar-refractivity contribution in [1.29, 1.82) is 0 Å². The zero-order valence-electron chi connectivity index (χ0n) is 19.2. The second-order valence-electron chi connectivity index (χ2n) is 8.14. The number of methoxy groups -OCH3 is 3. The number of hydrogen-bond donors (Lipinski definition) is 5. The van der Waals surface area contributed by atoms with E-state index < -0.39 is 0 Å². The van der Waals surface area contributed by atoms with Gasteiger partial charge in [0.1, 0.15) is 0 Å². The number of halogens is 2. The molecule has 5 N–H and O–H groups in total. The second-order valence-corrected chi connectivity index (χ2v) is 10.1. The van der Waals surface area contributed by atoms with Crippen LogP contribution >= 0.6 is 20.2 Å². The van der Waals surface area contributed by atoms with Crippen LogP contribution in [-0.4, -0.2) is 104 Å². The van der Waals surface area contributed by atoms with Crippen molar-refractivity contribution in [1.82, 2.24) is 26.6 Å². The van der Waals surface area contributed by atoms with Gasteiger partial charge >= 0.3 is 33.3 Å². The van der Waals surface area contributed by atoms with E-state index in [1.54, 1.807) is 21.3 Å². The SMILES string of the molecule is COC[C@@H]1CN[C@H](COC)CN[C@H](COC)CN[C@@H]2CCCC[C@@H]2NCCN1.[Cl][Mn][Cl]. The summed E-state index contributed by atoms with van der Waals surface area (Å²) in [6.07, 6.45) is 5.12. The van der Waals surface area contributed by atoms with Gasteiger partial charge in [-0.1, -0.05) is 12.8 Å². The molecule has 2 rings (SSSR count). The van der Waals surface area contributed by atoms with Crippen molar-refractivity contribution in [2.75, 3.05) is 73.9 Å². The molecule has 0 radical (unpaired) electrons. The number of nitrogens with one attached hydrogen (secondary N) is 5. The van der Waals surface area contributed by atoms with Gasteiger partial charge in [-0.3, -0.25) is 0 Å². The van der Waals surface area contributed by atoms with Gasteiger partial charge in [-0.15, -0.1) is 0 Å². The van der Waals surface area contributed by atoms with Gasteiger partial charge in [-0.25, -0.2) is 0 Å². The van der Waals surface area contributed by atoms with Gasteiger partial charge in [0.25, 0.3) is 0 Å². The van der Waals surface area contributed by atoms with Crippen LogP contribution in [0, 0.1) is 0 Å². The molecule has 187 valence electrons. The van der Waals surface area contributed by atoms with Crippen LogP contribution < -0.4 is 26.6 Å². The van der Waals surface area contributed by atoms with E-state index in [2.05, 4.69) is 26.6 Å². The van der Waals surface area contributed by atoms with E-state index >= 15 is 0 Å². The fraction of sp³-hybridized carbons (Fsp3) is 1.00. The maximum atomic E-state index is 5.45. The van der Waals surface area contributed by atoms with Crippen LogP contribution in [0.4, 0.5) is 0 Å². The molecule has 2 aliphatic rings. The average Bonchev–Trinajstić information content (AvgIpc) is 2.77. The normalized spacial score (nSPS) is 31.5. The Morgan fingerprint density at radius 2 is 1.03 bits per heavy atom. The zero-order valence-corrected chi connectivity index (χ0v) is 21.9. The molecule has 11 heteroatoms. The first-order chi connectivity index (χ1) is 15.2. The quantitative estimate of drug-likeness (QED) is 0.323. The molecule has 8 nitrogen and oxygen atoms in total. The molecule has 0 aromatic heterocycles. The van der Waals surface area contributed by atoms with Crippen molar-refractivity contribution in [3.05, 3.63) is 0 Å². The summed E-state index contributed by atoms with van der Waals surface area (Å²) in [6, 6.07) is 1.89. The Morgan fingerprint density at radius 3 is 1.52 bits per heavy atom. The Bertz CT molecular complexity index is 421. The first-order valence-corrected chi connectivity index (χ1v) is 14.4. The molecule has 1 saturated heterocycles. The molecular formula is C20H43Cl2MnN5O3. The van der Waals surface area contributed by atoms with Crippen LogP contribution in [0.2, 0.25) is 0 Å². The Kier molecular flexibility index (Phi) is 19.4. The number of rotatable bonds is 6. The summed E-state index contributed by atoms with van der Waals surface area (Å²) in [4.78, 5) is 0. The third-order valence-corrected chi connectivity index (χ3v) is 5.77. The third-order valence-electron chi connectivity index (χ3n) is 5.77. The Balaban J connectivity index is 0.00000151. The topological polar surface area (TPSA) is 87.8 Å². The standard InChI is InChI=1S/C20H43N5O3.2ClH.Mn/c1-26-13-16-10-23-17(14-27-2)11-24-18(15-28-3)12-25-20-7-5-4-6-19(20)22-9-8-21-16;;;/h16-25H,4-15H2,1-3H3;2*1H;/q;;;+2/p-2/t16-,17-,18-,19-,20+;;;/m0.../s1. The molecule has 2 fully saturated rings. The molecule has 0 unspecified atom stereocenters. The first-order valence-electron chi connectivity index (χ1n) is 11.2. The van der Waals surface area contributed by atoms with E-state index in [1.807, 2.05) is 0 Å². The van der Waals surface area contributed by atoms with E-state index in [1.165, 1.54) is 25.7 Å². The summed E-state index contributed by atoms with van der Waals surface area (Å²) >= 11 is 0.00694. The number of ether oxygens (including phenoxy) is 3. The predicted molar refractivity (Wildman–Crippen MR) is 125 cm³/mol. The average molecular weight is 527 g/mol. The zero-order chi connectivity index (χ0) is 22.7. The minimum atomic E-state index is 0.00694. The fourth-order valence-corrected chi connectivity index (χ4v) is 4.24. The summed E-state index contributed by atoms with van der Waals surface area (Å²) in [7, 11) is 14.9. The van der Waals surface area contributed by atoms with Crippen LogP contribution in [0.15, 0.2) is 0 Å². The van der Waals surface area contributed by atoms with Gasteiger partial charge in [-0.2, -0.15) is 0 Å². The van der Waals surface area contributed by atoms with Gasteiger partial charge in [0.2, 0.25) is 0 Å². The number of fused-ring (bicyclic) bond motifs is 1. The van der Waals surface area contributed by atoms with Crippen LogP contribution in [0.25, 0.3) is 0 Å². The summed E-state index contributed by atoms with van der Waals surface area (Å²) < 4.78 is 16.3. The van der Waals surface area contributed by atoms with Crippen LogP contribution in [-0.2, 0) is 27.3 Å². The molecule has 1 saturated carbocycles. The predicted octanol–water partition coefficient (Wildman–Crippen LogP) is 0.681. The van der Waals surface area contributed by atoms with Crippen LogP contribution in [0.1, 0.15) is 25.7 Å². The molecule has 1 aliphatic heterocycles. The van der Waals surface area contributed by atoms with Crippen LogP contribution in [0.5, 0.6) is 0 Å². The monoisotopic (exact) mass is 526 g/mol. The molecule has 1 heterocycles. The maximum absolute atomic E-state index is 5.45. The van der Waals surface area contributed by atoms with E-state index in [4.69, 9.17) is 34.4 Å². The molecule has 0 amide bonds. The van der Waals surface area contributed by atoms with Crippen molar-refractivity contribution in [3.63, 3.8) is 0 Å². The third kappa shape index (κ3) is 13.9. The second kappa shape index (κ2) is 20.2. The van der Waals surface area contributed by atoms with E-state index in [-0.39, 0.29) is 31.3 Å². The Morgan fingerprint density at radius 1 is 0.645 bits per heavy atom. The van der Waals surface area contributed by atoms with Crippen molar-refractivity contribution < 1.29 is 27.3 Å². The summed E-state index contributed by atoms with van der Waals surface area (Å²) in [6.45, 7) is 6.60. The molecule has 0 aromatic rings. The van der Waals surface area contributed by atoms with Crippen molar-refractivity contribution in [2.45, 2.75) is 55.9 Å². The molecule has 0 spiro atoms. The van der Waals surface area contributed by atoms with Crippen LogP contribution in [0.3, 0.4) is 0 Å². The summed E-state index contributed by atoms with van der Waals surface area (Å²) in [5, 5.41) is 18.5. The Hall–Kier alpha value is 0.779. The summed E-state index contributed by atoms with van der Waals surface area (Å²) in [5.74, 6) is 0. The molecule has 1 aliphatic carbocycles. The molecule has 31 heavy (non-hydrogen) atoms. The van der Waals surface area contributed by atoms with Gasteiger partial charge in [0, 0.05) is 84.3 Å². The van der Waals surface area contributed by atoms with Gasteiger partial charge in [0.15, 0.2) is 0 Å². The summed E-state index contributed by atoms with van der Waals surface area (Å²) in [5.41, 5.74) is 0. The fourth-order valence-electron chi connectivity index (χ4n) is 4.24. The molecule has 0 bridgehead atoms. The van der Waals surface area contributed by atoms with E-state index in [9.17, 15) is 0 Å². The number of hydrogen-bond acceptors (Lipinski definition) is 8. The van der Waals surface area contributed by atoms with Gasteiger partial charge < -0.3 is 40.8 Å². The minimum absolute atomic E-state index is 0.00694. The molecule has 0 aromatic carbocycles. The Labute approximate surface area is 203 Å². The first kappa shape index (κ1) is 29.8. The molecular weight excluding hydrogens is 484 g/mol. The van der Waals surface area contributed by atoms with Gasteiger partial charge in [0.05, 0.1) is 19.8 Å². The van der Waals surface area contributed by atoms with Crippen molar-refractivity contribution >= 4 is 20.2 Å². The molecule has 5 atom stereocenters. The van der Waals surface area contributed by atoms with Crippen molar-refractivity contribution in [2.24, 2.45) is 0 Å².